The molecule has 4 rings (SSSR count). The van der Waals surface area contributed by atoms with Crippen molar-refractivity contribution in [2.75, 3.05) is 19.3 Å². The summed E-state index contributed by atoms with van der Waals surface area (Å²) in [4.78, 5) is 4.03. The summed E-state index contributed by atoms with van der Waals surface area (Å²) in [6.07, 6.45) is 7.85. The second kappa shape index (κ2) is 6.42. The van der Waals surface area contributed by atoms with Gasteiger partial charge in [-0.3, -0.25) is 4.90 Å². The van der Waals surface area contributed by atoms with Gasteiger partial charge in [0.05, 0.1) is 0 Å². The van der Waals surface area contributed by atoms with E-state index in [2.05, 4.69) is 72.3 Å². The van der Waals surface area contributed by atoms with Crippen molar-refractivity contribution in [3.63, 3.8) is 0 Å². The van der Waals surface area contributed by atoms with Crippen LogP contribution in [0.3, 0.4) is 0 Å². The van der Waals surface area contributed by atoms with Gasteiger partial charge in [0.2, 0.25) is 0 Å². The van der Waals surface area contributed by atoms with Crippen LogP contribution in [0.2, 0.25) is 0 Å². The molecule has 0 amide bonds. The lowest BCUT2D eigenvalue weighted by Crippen LogP contribution is -2.46. The molecule has 0 bridgehead atoms. The van der Waals surface area contributed by atoms with E-state index in [1.54, 1.807) is 11.8 Å². The molecule has 2 aliphatic heterocycles. The third-order valence-electron chi connectivity index (χ3n) is 5.81. The van der Waals surface area contributed by atoms with Crippen LogP contribution in [0.5, 0.6) is 0 Å². The summed E-state index contributed by atoms with van der Waals surface area (Å²) < 4.78 is 0. The van der Waals surface area contributed by atoms with Gasteiger partial charge in [-0.15, -0.1) is 18.3 Å². The summed E-state index contributed by atoms with van der Waals surface area (Å²) in [6.45, 7) is 6.43. The highest BCUT2D eigenvalue weighted by Gasteiger charge is 2.45. The number of nitrogens with zero attached hydrogens (tertiary/aromatic N) is 1. The maximum atomic E-state index is 4.09. The van der Waals surface area contributed by atoms with E-state index in [4.69, 9.17) is 0 Å². The minimum Gasteiger partial charge on any atom is -0.295 e. The SMILES string of the molecule is C=CC[C@@]1(c2ccc(SC)cc2)CN2CCC[C@@H]2c2ccccc21. The molecular formula is C22H25NS. The monoisotopic (exact) mass is 335 g/mol. The molecule has 0 saturated carbocycles. The van der Waals surface area contributed by atoms with Gasteiger partial charge in [-0.05, 0) is 60.9 Å². The first-order valence-corrected chi connectivity index (χ1v) is 10.1. The third kappa shape index (κ3) is 2.44. The maximum absolute atomic E-state index is 4.09. The average Bonchev–Trinajstić information content (AvgIpc) is 3.10. The molecule has 1 fully saturated rings. The first-order valence-electron chi connectivity index (χ1n) is 8.87. The predicted octanol–water partition coefficient (Wildman–Crippen LogP) is 5.42. The summed E-state index contributed by atoms with van der Waals surface area (Å²) in [5, 5.41) is 0. The Balaban J connectivity index is 1.89. The molecule has 2 aromatic carbocycles. The van der Waals surface area contributed by atoms with Crippen molar-refractivity contribution >= 4 is 11.8 Å². The average molecular weight is 336 g/mol. The van der Waals surface area contributed by atoms with Gasteiger partial charge in [0.1, 0.15) is 0 Å². The van der Waals surface area contributed by atoms with Crippen molar-refractivity contribution in [3.05, 3.63) is 77.9 Å². The smallest absolute Gasteiger partial charge is 0.0367 e. The number of benzene rings is 2. The molecule has 2 aliphatic rings. The normalized spacial score (nSPS) is 26.0. The van der Waals surface area contributed by atoms with Gasteiger partial charge in [-0.1, -0.05) is 42.5 Å². The number of fused-ring (bicyclic) bond motifs is 3. The summed E-state index contributed by atoms with van der Waals surface area (Å²) in [6, 6.07) is 18.9. The molecule has 0 N–H and O–H groups in total. The maximum Gasteiger partial charge on any atom is 0.0367 e. The fourth-order valence-corrected chi connectivity index (χ4v) is 5.13. The third-order valence-corrected chi connectivity index (χ3v) is 6.55. The Hall–Kier alpha value is -1.51. The minimum absolute atomic E-state index is 0.0378. The highest BCUT2D eigenvalue weighted by molar-refractivity contribution is 7.98. The molecule has 0 spiro atoms. The van der Waals surface area contributed by atoms with E-state index in [0.717, 1.165) is 13.0 Å². The Morgan fingerprint density at radius 2 is 2.00 bits per heavy atom. The van der Waals surface area contributed by atoms with Crippen molar-refractivity contribution in [1.82, 2.24) is 4.90 Å². The Morgan fingerprint density at radius 1 is 1.21 bits per heavy atom. The van der Waals surface area contributed by atoms with Gasteiger partial charge < -0.3 is 0 Å². The van der Waals surface area contributed by atoms with Gasteiger partial charge in [0, 0.05) is 22.9 Å². The number of hydrogen-bond acceptors (Lipinski definition) is 2. The van der Waals surface area contributed by atoms with Crippen molar-refractivity contribution in [3.8, 4) is 0 Å². The summed E-state index contributed by atoms with van der Waals surface area (Å²) in [5.74, 6) is 0. The van der Waals surface area contributed by atoms with Crippen LogP contribution < -0.4 is 0 Å². The zero-order chi connectivity index (χ0) is 16.6. The van der Waals surface area contributed by atoms with Crippen LogP contribution in [-0.4, -0.2) is 24.2 Å². The molecule has 0 radical (unpaired) electrons. The van der Waals surface area contributed by atoms with Crippen molar-refractivity contribution in [1.29, 1.82) is 0 Å². The Bertz CT molecular complexity index is 736. The number of hydrogen-bond donors (Lipinski definition) is 0. The van der Waals surface area contributed by atoms with Crippen molar-refractivity contribution in [2.24, 2.45) is 0 Å². The van der Waals surface area contributed by atoms with Crippen LogP contribution >= 0.6 is 11.8 Å². The number of allylic oxidation sites excluding steroid dienone is 1. The molecule has 0 aliphatic carbocycles. The van der Waals surface area contributed by atoms with Crippen LogP contribution in [0.4, 0.5) is 0 Å². The fourth-order valence-electron chi connectivity index (χ4n) is 4.72. The lowest BCUT2D eigenvalue weighted by atomic mass is 9.67. The largest absolute Gasteiger partial charge is 0.295 e. The van der Waals surface area contributed by atoms with Crippen molar-refractivity contribution in [2.45, 2.75) is 35.6 Å². The molecular weight excluding hydrogens is 310 g/mol. The van der Waals surface area contributed by atoms with Gasteiger partial charge in [0.15, 0.2) is 0 Å². The summed E-state index contributed by atoms with van der Waals surface area (Å²) in [5.41, 5.74) is 4.52. The molecule has 24 heavy (non-hydrogen) atoms. The van der Waals surface area contributed by atoms with Crippen LogP contribution in [0.25, 0.3) is 0 Å². The van der Waals surface area contributed by atoms with E-state index in [-0.39, 0.29) is 5.41 Å². The molecule has 2 atom stereocenters. The van der Waals surface area contributed by atoms with Gasteiger partial charge >= 0.3 is 0 Å². The Kier molecular flexibility index (Phi) is 4.28. The molecule has 2 heteroatoms. The van der Waals surface area contributed by atoms with Crippen LogP contribution in [0, 0.1) is 0 Å². The highest BCUT2D eigenvalue weighted by atomic mass is 32.2. The Labute approximate surface area is 149 Å². The predicted molar refractivity (Wildman–Crippen MR) is 104 cm³/mol. The number of rotatable bonds is 4. The molecule has 0 aromatic heterocycles. The first kappa shape index (κ1) is 16.0. The second-order valence-electron chi connectivity index (χ2n) is 7.02. The van der Waals surface area contributed by atoms with E-state index >= 15 is 0 Å². The molecule has 2 aromatic rings. The molecule has 2 heterocycles. The zero-order valence-corrected chi connectivity index (χ0v) is 15.2. The topological polar surface area (TPSA) is 3.24 Å². The van der Waals surface area contributed by atoms with Crippen LogP contribution in [0.1, 0.15) is 42.0 Å². The van der Waals surface area contributed by atoms with Gasteiger partial charge in [-0.25, -0.2) is 0 Å². The van der Waals surface area contributed by atoms with Gasteiger partial charge in [0.25, 0.3) is 0 Å². The molecule has 1 nitrogen and oxygen atoms in total. The second-order valence-corrected chi connectivity index (χ2v) is 7.90. The van der Waals surface area contributed by atoms with Gasteiger partial charge in [-0.2, -0.15) is 0 Å². The molecule has 1 saturated heterocycles. The van der Waals surface area contributed by atoms with E-state index < -0.39 is 0 Å². The van der Waals surface area contributed by atoms with E-state index in [9.17, 15) is 0 Å². The molecule has 0 unspecified atom stereocenters. The van der Waals surface area contributed by atoms with Crippen LogP contribution in [-0.2, 0) is 5.41 Å². The Morgan fingerprint density at radius 3 is 2.75 bits per heavy atom. The molecule has 124 valence electrons. The lowest BCUT2D eigenvalue weighted by Gasteiger charge is -2.46. The minimum atomic E-state index is 0.0378. The first-order chi connectivity index (χ1) is 11.8. The standard InChI is InChI=1S/C22H25NS/c1-3-14-22(17-10-12-18(24-2)13-11-17)16-23-15-6-9-21(23)19-7-4-5-8-20(19)22/h3-5,7-8,10-13,21H,1,6,9,14-16H2,2H3/t21-,22+/m1/s1. The quantitative estimate of drug-likeness (QED) is 0.542. The zero-order valence-electron chi connectivity index (χ0n) is 14.4. The van der Waals surface area contributed by atoms with Crippen LogP contribution in [0.15, 0.2) is 66.1 Å². The highest BCUT2D eigenvalue weighted by Crippen LogP contribution is 2.49. The van der Waals surface area contributed by atoms with Crippen molar-refractivity contribution < 1.29 is 0 Å². The summed E-state index contributed by atoms with van der Waals surface area (Å²) in [7, 11) is 0. The van der Waals surface area contributed by atoms with E-state index in [0.29, 0.717) is 6.04 Å². The fraction of sp³-hybridized carbons (Fsp3) is 0.364. The number of thioether (sulfide) groups is 1. The lowest BCUT2D eigenvalue weighted by molar-refractivity contribution is 0.186. The summed E-state index contributed by atoms with van der Waals surface area (Å²) >= 11 is 1.81. The van der Waals surface area contributed by atoms with E-state index in [1.165, 1.54) is 41.0 Å². The van der Waals surface area contributed by atoms with E-state index in [1.807, 2.05) is 0 Å².